The fourth-order valence-electron chi connectivity index (χ4n) is 2.42. The van der Waals surface area contributed by atoms with Gasteiger partial charge in [-0.05, 0) is 44.2 Å². The molecule has 2 aromatic rings. The fraction of sp³-hybridized carbons (Fsp3) is 0.300. The molecule has 1 aliphatic rings. The average molecular weight is 387 g/mol. The van der Waals surface area contributed by atoms with Crippen LogP contribution in [0.25, 0.3) is 0 Å². The van der Waals surface area contributed by atoms with Gasteiger partial charge in [-0.3, -0.25) is 9.59 Å². The summed E-state index contributed by atoms with van der Waals surface area (Å²) < 4.78 is 16.2. The van der Waals surface area contributed by atoms with E-state index in [9.17, 15) is 9.59 Å². The Labute approximate surface area is 162 Å². The quantitative estimate of drug-likeness (QED) is 0.605. The zero-order chi connectivity index (χ0) is 19.2. The van der Waals surface area contributed by atoms with Crippen molar-refractivity contribution in [1.82, 2.24) is 0 Å². The van der Waals surface area contributed by atoms with Crippen molar-refractivity contribution in [3.8, 4) is 11.5 Å². The number of fused-ring (bicyclic) bond motifs is 1. The number of ether oxygens (including phenoxy) is 3. The third-order valence-corrected chi connectivity index (χ3v) is 4.83. The summed E-state index contributed by atoms with van der Waals surface area (Å²) in [5, 5.41) is 2.73. The Morgan fingerprint density at radius 3 is 2.56 bits per heavy atom. The summed E-state index contributed by atoms with van der Waals surface area (Å²) in [7, 11) is 0. The molecule has 0 saturated carbocycles. The number of amides is 1. The van der Waals surface area contributed by atoms with Crippen LogP contribution < -0.4 is 14.8 Å². The molecule has 1 heterocycles. The lowest BCUT2D eigenvalue weighted by Gasteiger charge is -2.18. The van der Waals surface area contributed by atoms with E-state index in [1.54, 1.807) is 19.1 Å². The van der Waals surface area contributed by atoms with Crippen molar-refractivity contribution >= 4 is 29.3 Å². The third-order valence-electron chi connectivity index (χ3n) is 3.87. The van der Waals surface area contributed by atoms with Crippen molar-refractivity contribution in [3.63, 3.8) is 0 Å². The number of nitrogens with one attached hydrogen (secondary N) is 1. The van der Waals surface area contributed by atoms with Crippen LogP contribution in [0.1, 0.15) is 12.5 Å². The highest BCUT2D eigenvalue weighted by Crippen LogP contribution is 2.34. The highest BCUT2D eigenvalue weighted by atomic mass is 32.2. The summed E-state index contributed by atoms with van der Waals surface area (Å²) >= 11 is 1.32. The Kier molecular flexibility index (Phi) is 6.24. The van der Waals surface area contributed by atoms with Crippen LogP contribution >= 0.6 is 11.8 Å². The first-order valence-electron chi connectivity index (χ1n) is 8.61. The zero-order valence-corrected chi connectivity index (χ0v) is 16.0. The number of benzene rings is 2. The van der Waals surface area contributed by atoms with Crippen molar-refractivity contribution in [2.75, 3.05) is 24.3 Å². The smallest absolute Gasteiger partial charge is 0.317 e. The molecule has 6 nitrogen and oxygen atoms in total. The Bertz CT molecular complexity index is 822. The second kappa shape index (κ2) is 8.81. The number of carbonyl (C=O) groups is 2. The Morgan fingerprint density at radius 2 is 1.81 bits per heavy atom. The van der Waals surface area contributed by atoms with E-state index in [0.29, 0.717) is 30.4 Å². The molecule has 0 saturated heterocycles. The maximum Gasteiger partial charge on any atom is 0.317 e. The van der Waals surface area contributed by atoms with Gasteiger partial charge in [-0.15, -0.1) is 11.8 Å². The standard InChI is InChI=1S/C20H21NO5S/c1-13-3-5-15(6-4-13)21-20(23)14(2)26-19(22)12-27-16-7-8-17-18(11-16)25-10-9-24-17/h3-8,11,14H,9-10,12H2,1-2H3,(H,21,23)/t14-/m1/s1. The number of carbonyl (C=O) groups excluding carboxylic acids is 2. The van der Waals surface area contributed by atoms with Crippen molar-refractivity contribution in [3.05, 3.63) is 48.0 Å². The van der Waals surface area contributed by atoms with Crippen molar-refractivity contribution in [2.24, 2.45) is 0 Å². The van der Waals surface area contributed by atoms with Crippen LogP contribution in [0.15, 0.2) is 47.4 Å². The lowest BCUT2D eigenvalue weighted by Crippen LogP contribution is -2.30. The van der Waals surface area contributed by atoms with Crippen molar-refractivity contribution in [1.29, 1.82) is 0 Å². The summed E-state index contributed by atoms with van der Waals surface area (Å²) in [4.78, 5) is 25.0. The topological polar surface area (TPSA) is 73.9 Å². The summed E-state index contributed by atoms with van der Waals surface area (Å²) in [5.74, 6) is 0.653. The number of hydrogen-bond donors (Lipinski definition) is 1. The van der Waals surface area contributed by atoms with E-state index in [1.807, 2.05) is 37.3 Å². The molecule has 0 radical (unpaired) electrons. The maximum absolute atomic E-state index is 12.1. The molecule has 7 heteroatoms. The van der Waals surface area contributed by atoms with Gasteiger partial charge in [-0.2, -0.15) is 0 Å². The molecule has 1 N–H and O–H groups in total. The van der Waals surface area contributed by atoms with Gasteiger partial charge in [0.1, 0.15) is 13.2 Å². The minimum absolute atomic E-state index is 0.0990. The number of thioether (sulfide) groups is 1. The van der Waals surface area contributed by atoms with E-state index in [4.69, 9.17) is 14.2 Å². The molecular weight excluding hydrogens is 366 g/mol. The first-order chi connectivity index (χ1) is 13.0. The Morgan fingerprint density at radius 1 is 1.11 bits per heavy atom. The molecule has 0 aliphatic carbocycles. The summed E-state index contributed by atoms with van der Waals surface area (Å²) in [6.45, 7) is 4.57. The predicted octanol–water partition coefficient (Wildman–Crippen LogP) is 3.43. The first-order valence-corrected chi connectivity index (χ1v) is 9.59. The van der Waals surface area contributed by atoms with Gasteiger partial charge in [0.2, 0.25) is 0 Å². The van der Waals surface area contributed by atoms with Gasteiger partial charge in [0.05, 0.1) is 5.75 Å². The summed E-state index contributed by atoms with van der Waals surface area (Å²) in [6.07, 6.45) is -0.875. The third kappa shape index (κ3) is 5.40. The molecule has 3 rings (SSSR count). The molecule has 1 atom stereocenters. The molecule has 2 aromatic carbocycles. The largest absolute Gasteiger partial charge is 0.486 e. The lowest BCUT2D eigenvalue weighted by atomic mass is 10.2. The van der Waals surface area contributed by atoms with Gasteiger partial charge < -0.3 is 19.5 Å². The second-order valence-electron chi connectivity index (χ2n) is 6.08. The SMILES string of the molecule is Cc1ccc(NC(=O)[C@@H](C)OC(=O)CSc2ccc3c(c2)OCCO3)cc1. The van der Waals surface area contributed by atoms with Gasteiger partial charge in [0, 0.05) is 10.6 Å². The van der Waals surface area contributed by atoms with E-state index in [0.717, 1.165) is 10.5 Å². The molecule has 142 valence electrons. The van der Waals surface area contributed by atoms with Crippen LogP contribution in [0.3, 0.4) is 0 Å². The highest BCUT2D eigenvalue weighted by Gasteiger charge is 2.18. The number of hydrogen-bond acceptors (Lipinski definition) is 6. The molecule has 0 unspecified atom stereocenters. The predicted molar refractivity (Wildman–Crippen MR) is 104 cm³/mol. The number of anilines is 1. The van der Waals surface area contributed by atoms with E-state index in [1.165, 1.54) is 11.8 Å². The summed E-state index contributed by atoms with van der Waals surface area (Å²) in [5.41, 5.74) is 1.77. The van der Waals surface area contributed by atoms with E-state index < -0.39 is 12.1 Å². The fourth-order valence-corrected chi connectivity index (χ4v) is 3.13. The van der Waals surface area contributed by atoms with Gasteiger partial charge in [-0.25, -0.2) is 0 Å². The molecule has 1 aliphatic heterocycles. The molecule has 0 spiro atoms. The van der Waals surface area contributed by atoms with Crippen LogP contribution in [0.2, 0.25) is 0 Å². The van der Waals surface area contributed by atoms with Gasteiger partial charge in [0.15, 0.2) is 17.6 Å². The van der Waals surface area contributed by atoms with E-state index in [2.05, 4.69) is 5.32 Å². The van der Waals surface area contributed by atoms with Crippen LogP contribution in [0.5, 0.6) is 11.5 Å². The van der Waals surface area contributed by atoms with Crippen LogP contribution in [0, 0.1) is 6.92 Å². The van der Waals surface area contributed by atoms with Crippen molar-refractivity contribution < 1.29 is 23.8 Å². The zero-order valence-electron chi connectivity index (χ0n) is 15.2. The lowest BCUT2D eigenvalue weighted by molar-refractivity contribution is -0.150. The molecule has 0 fully saturated rings. The van der Waals surface area contributed by atoms with E-state index >= 15 is 0 Å². The average Bonchev–Trinajstić information content (AvgIpc) is 2.68. The van der Waals surface area contributed by atoms with Crippen molar-refractivity contribution in [2.45, 2.75) is 24.8 Å². The van der Waals surface area contributed by atoms with Crippen LogP contribution in [-0.2, 0) is 14.3 Å². The molecular formula is C20H21NO5S. The van der Waals surface area contributed by atoms with Crippen LogP contribution in [-0.4, -0.2) is 36.9 Å². The minimum Gasteiger partial charge on any atom is -0.486 e. The molecule has 1 amide bonds. The monoisotopic (exact) mass is 387 g/mol. The number of rotatable bonds is 6. The normalized spacial score (nSPS) is 13.6. The second-order valence-corrected chi connectivity index (χ2v) is 7.13. The van der Waals surface area contributed by atoms with E-state index in [-0.39, 0.29) is 11.7 Å². The number of aryl methyl sites for hydroxylation is 1. The minimum atomic E-state index is -0.875. The molecule has 27 heavy (non-hydrogen) atoms. The van der Waals surface area contributed by atoms with Gasteiger partial charge in [-0.1, -0.05) is 17.7 Å². The van der Waals surface area contributed by atoms with Crippen LogP contribution in [0.4, 0.5) is 5.69 Å². The van der Waals surface area contributed by atoms with Gasteiger partial charge in [0.25, 0.3) is 5.91 Å². The Hall–Kier alpha value is -2.67. The molecule has 0 aromatic heterocycles. The maximum atomic E-state index is 12.1. The molecule has 0 bridgehead atoms. The Balaban J connectivity index is 1.47. The number of esters is 1. The first kappa shape index (κ1) is 19.1. The summed E-state index contributed by atoms with van der Waals surface area (Å²) in [6, 6.07) is 12.9. The highest BCUT2D eigenvalue weighted by molar-refractivity contribution is 8.00. The van der Waals surface area contributed by atoms with Gasteiger partial charge >= 0.3 is 5.97 Å².